The van der Waals surface area contributed by atoms with Gasteiger partial charge in [0.05, 0.1) is 0 Å². The van der Waals surface area contributed by atoms with Gasteiger partial charge in [0.25, 0.3) is 0 Å². The smallest absolute Gasteiger partial charge is 0.0447 e. The van der Waals surface area contributed by atoms with Crippen molar-refractivity contribution in [1.82, 2.24) is 19.9 Å². The molecule has 5 aliphatic rings. The van der Waals surface area contributed by atoms with Crippen LogP contribution in [0.2, 0.25) is 0 Å². The highest BCUT2D eigenvalue weighted by atomic mass is 14.8. The Bertz CT molecular complexity index is 1540. The molecule has 4 saturated carbocycles. The zero-order chi connectivity index (χ0) is 29.8. The van der Waals surface area contributed by atoms with E-state index >= 15 is 0 Å². The molecule has 9 rings (SSSR count). The minimum Gasteiger partial charge on any atom is -0.361 e. The van der Waals surface area contributed by atoms with E-state index in [9.17, 15) is 0 Å². The Kier molecular flexibility index (Phi) is 6.11. The van der Waals surface area contributed by atoms with E-state index in [2.05, 4.69) is 96.2 Å². The summed E-state index contributed by atoms with van der Waals surface area (Å²) >= 11 is 0. The summed E-state index contributed by atoms with van der Waals surface area (Å²) in [4.78, 5) is 16.0. The lowest BCUT2D eigenvalue weighted by Crippen LogP contribution is -2.32. The molecular formula is C40H52N4. The fourth-order valence-electron chi connectivity index (χ4n) is 11.0. The molecule has 0 amide bonds. The highest BCUT2D eigenvalue weighted by Crippen LogP contribution is 2.54. The van der Waals surface area contributed by atoms with Crippen molar-refractivity contribution < 1.29 is 0 Å². The number of hydrogen-bond donors (Lipinski definition) is 4. The molecule has 44 heavy (non-hydrogen) atoms. The summed E-state index contributed by atoms with van der Waals surface area (Å²) in [5.41, 5.74) is 11.2. The molecule has 4 aromatic heterocycles. The second-order valence-corrected chi connectivity index (χ2v) is 17.0. The highest BCUT2D eigenvalue weighted by molar-refractivity contribution is 5.37. The quantitative estimate of drug-likeness (QED) is 0.158. The lowest BCUT2D eigenvalue weighted by atomic mass is 9.62. The molecular weight excluding hydrogens is 536 g/mol. The molecule has 8 unspecified atom stereocenters. The Balaban J connectivity index is 1.12. The van der Waals surface area contributed by atoms with Gasteiger partial charge in [0, 0.05) is 68.2 Å². The van der Waals surface area contributed by atoms with Crippen molar-refractivity contribution in [3.05, 3.63) is 94.1 Å². The average molecular weight is 589 g/mol. The van der Waals surface area contributed by atoms with Gasteiger partial charge >= 0.3 is 0 Å². The zero-order valence-corrected chi connectivity index (χ0v) is 27.3. The third-order valence-electron chi connectivity index (χ3n) is 13.8. The van der Waals surface area contributed by atoms with Gasteiger partial charge in [-0.1, -0.05) is 0 Å². The minimum atomic E-state index is -0.0692. The molecule has 0 spiro atoms. The molecule has 4 heteroatoms. The first kappa shape index (κ1) is 27.4. The zero-order valence-electron chi connectivity index (χ0n) is 27.3. The van der Waals surface area contributed by atoms with Gasteiger partial charge in [-0.05, 0) is 176 Å². The van der Waals surface area contributed by atoms with Gasteiger partial charge in [-0.15, -0.1) is 0 Å². The predicted molar refractivity (Wildman–Crippen MR) is 179 cm³/mol. The number of fused-ring (bicyclic) bond motifs is 16. The number of hydrogen-bond acceptors (Lipinski definition) is 0. The van der Waals surface area contributed by atoms with Crippen LogP contribution in [-0.4, -0.2) is 19.9 Å². The topological polar surface area (TPSA) is 63.2 Å². The summed E-state index contributed by atoms with van der Waals surface area (Å²) in [6, 6.07) is 19.3. The van der Waals surface area contributed by atoms with Crippen LogP contribution in [0.15, 0.2) is 48.5 Å². The van der Waals surface area contributed by atoms with Crippen LogP contribution in [0.5, 0.6) is 0 Å². The number of rotatable bonds is 0. The van der Waals surface area contributed by atoms with Crippen molar-refractivity contribution in [3.63, 3.8) is 0 Å². The highest BCUT2D eigenvalue weighted by Gasteiger charge is 2.42. The Labute approximate surface area is 263 Å². The Morgan fingerprint density at radius 1 is 0.432 bits per heavy atom. The molecule has 0 aromatic carbocycles. The summed E-state index contributed by atoms with van der Waals surface area (Å²) in [7, 11) is 0. The lowest BCUT2D eigenvalue weighted by Gasteiger charge is -2.43. The molecule has 8 atom stereocenters. The van der Waals surface area contributed by atoms with Crippen LogP contribution >= 0.6 is 0 Å². The van der Waals surface area contributed by atoms with Gasteiger partial charge in [0.15, 0.2) is 0 Å². The van der Waals surface area contributed by atoms with Crippen LogP contribution in [-0.2, 0) is 10.8 Å². The summed E-state index contributed by atoms with van der Waals surface area (Å²) in [5, 5.41) is 0. The summed E-state index contributed by atoms with van der Waals surface area (Å²) in [6.07, 6.45) is 13.5. The third kappa shape index (κ3) is 4.29. The fraction of sp³-hybridized carbons (Fsp3) is 0.600. The maximum atomic E-state index is 4.02. The summed E-state index contributed by atoms with van der Waals surface area (Å²) in [6.45, 7) is 9.62. The van der Waals surface area contributed by atoms with Crippen LogP contribution in [0.3, 0.4) is 0 Å². The summed E-state index contributed by atoms with van der Waals surface area (Å²) in [5.74, 6) is 5.83. The third-order valence-corrected chi connectivity index (χ3v) is 13.8. The van der Waals surface area contributed by atoms with Gasteiger partial charge in [-0.25, -0.2) is 0 Å². The van der Waals surface area contributed by atoms with Crippen molar-refractivity contribution in [2.75, 3.05) is 0 Å². The van der Waals surface area contributed by atoms with Crippen molar-refractivity contribution in [2.24, 2.45) is 23.7 Å². The van der Waals surface area contributed by atoms with Gasteiger partial charge in [-0.2, -0.15) is 0 Å². The fourth-order valence-corrected chi connectivity index (χ4v) is 11.0. The Hall–Kier alpha value is -2.88. The molecule has 5 heterocycles. The molecule has 4 nitrogen and oxygen atoms in total. The van der Waals surface area contributed by atoms with Crippen molar-refractivity contribution in [1.29, 1.82) is 0 Å². The SMILES string of the molecule is CC1(C)c2ccc([nH]2)C2CC3CCC(c4ccc([nH]4)C(C)(C)c4ccc([nH]4)C4CCC5CC(CC4C5)c4ccc1[nH]4)C(C3)C2. The number of H-pyrrole nitrogens is 4. The van der Waals surface area contributed by atoms with E-state index in [1.807, 2.05) is 0 Å². The van der Waals surface area contributed by atoms with Gasteiger partial charge in [-0.3, -0.25) is 0 Å². The summed E-state index contributed by atoms with van der Waals surface area (Å²) < 4.78 is 0. The largest absolute Gasteiger partial charge is 0.361 e. The van der Waals surface area contributed by atoms with Crippen LogP contribution in [0, 0.1) is 23.7 Å². The van der Waals surface area contributed by atoms with Gasteiger partial charge in [0.1, 0.15) is 0 Å². The molecule has 4 fully saturated rings. The van der Waals surface area contributed by atoms with Crippen LogP contribution in [0.1, 0.15) is 161 Å². The van der Waals surface area contributed by atoms with E-state index in [0.29, 0.717) is 23.7 Å². The normalized spacial score (nSPS) is 35.2. The number of aromatic nitrogens is 4. The molecule has 0 saturated heterocycles. The monoisotopic (exact) mass is 588 g/mol. The molecule has 1 aliphatic heterocycles. The van der Waals surface area contributed by atoms with Crippen molar-refractivity contribution in [3.8, 4) is 0 Å². The van der Waals surface area contributed by atoms with E-state index in [0.717, 1.165) is 23.7 Å². The second-order valence-electron chi connectivity index (χ2n) is 17.0. The molecule has 14 bridgehead atoms. The van der Waals surface area contributed by atoms with E-state index in [1.165, 1.54) is 110 Å². The number of nitrogens with one attached hydrogen (secondary N) is 4. The second kappa shape index (κ2) is 9.81. The van der Waals surface area contributed by atoms with Gasteiger partial charge < -0.3 is 19.9 Å². The van der Waals surface area contributed by atoms with E-state index < -0.39 is 0 Å². The molecule has 0 radical (unpaired) electrons. The average Bonchev–Trinajstić information content (AvgIpc) is 3.83. The van der Waals surface area contributed by atoms with Crippen molar-refractivity contribution in [2.45, 2.75) is 126 Å². The van der Waals surface area contributed by atoms with Gasteiger partial charge in [0.2, 0.25) is 0 Å². The first-order chi connectivity index (χ1) is 21.2. The lowest BCUT2D eigenvalue weighted by molar-refractivity contribution is 0.142. The standard InChI is InChI=1S/C40H52N4/c1-39(2)35-13-9-31(41-35)27-19-23-5-7-29(25(17-23)21-27)33-11-15-37(43-33)40(3,4)38-16-12-34(44-38)30-8-6-24-18-26(30)22-28(20-24)32-10-14-36(39)42-32/h9-16,23-30,41-44H,5-8,17-22H2,1-4H3. The Morgan fingerprint density at radius 3 is 1.20 bits per heavy atom. The van der Waals surface area contributed by atoms with Crippen LogP contribution in [0.4, 0.5) is 0 Å². The van der Waals surface area contributed by atoms with E-state index in [-0.39, 0.29) is 10.8 Å². The van der Waals surface area contributed by atoms with E-state index in [4.69, 9.17) is 0 Å². The molecule has 232 valence electrons. The molecule has 4 aromatic rings. The first-order valence-electron chi connectivity index (χ1n) is 18.0. The first-order valence-corrected chi connectivity index (χ1v) is 18.0. The van der Waals surface area contributed by atoms with Crippen LogP contribution in [0.25, 0.3) is 0 Å². The Morgan fingerprint density at radius 2 is 0.795 bits per heavy atom. The maximum absolute atomic E-state index is 4.02. The number of aromatic amines is 4. The molecule has 4 aliphatic carbocycles. The maximum Gasteiger partial charge on any atom is 0.0447 e. The minimum absolute atomic E-state index is 0.0677. The predicted octanol–water partition coefficient (Wildman–Crippen LogP) is 10.1. The van der Waals surface area contributed by atoms with Crippen LogP contribution < -0.4 is 0 Å². The van der Waals surface area contributed by atoms with Crippen molar-refractivity contribution >= 4 is 0 Å². The van der Waals surface area contributed by atoms with E-state index in [1.54, 1.807) is 0 Å². The molecule has 4 N–H and O–H groups in total.